The van der Waals surface area contributed by atoms with Gasteiger partial charge in [0.1, 0.15) is 0 Å². The average molecular weight is 316 g/mol. The van der Waals surface area contributed by atoms with Crippen LogP contribution in [0, 0.1) is 5.92 Å². The number of carbonyl (C=O) groups excluding carboxylic acids is 1. The molecule has 23 heavy (non-hydrogen) atoms. The lowest BCUT2D eigenvalue weighted by atomic mass is 9.94. The second-order valence-electron chi connectivity index (χ2n) is 6.12. The molecule has 1 aromatic heterocycles. The number of piperidine rings is 1. The van der Waals surface area contributed by atoms with E-state index in [1.807, 2.05) is 12.1 Å². The molecule has 5 heteroatoms. The SMILES string of the molecule is CCOC(=O)[C@@H]1CN(CCc2c[nH]c3ccccc23)CC[C@H]1O. The molecule has 2 aromatic rings. The number of hydrogen-bond acceptors (Lipinski definition) is 4. The molecule has 1 aliphatic heterocycles. The van der Waals surface area contributed by atoms with E-state index < -0.39 is 12.0 Å². The molecule has 0 bridgehead atoms. The van der Waals surface area contributed by atoms with E-state index in [4.69, 9.17) is 4.74 Å². The van der Waals surface area contributed by atoms with Crippen LogP contribution >= 0.6 is 0 Å². The van der Waals surface area contributed by atoms with Crippen LogP contribution in [0.2, 0.25) is 0 Å². The van der Waals surface area contributed by atoms with E-state index in [-0.39, 0.29) is 5.97 Å². The molecular formula is C18H24N2O3. The quantitative estimate of drug-likeness (QED) is 0.828. The number of ether oxygens (including phenoxy) is 1. The summed E-state index contributed by atoms with van der Waals surface area (Å²) in [5.41, 5.74) is 2.44. The van der Waals surface area contributed by atoms with E-state index in [1.165, 1.54) is 10.9 Å². The molecule has 0 amide bonds. The molecule has 124 valence electrons. The van der Waals surface area contributed by atoms with E-state index in [2.05, 4.69) is 28.2 Å². The predicted octanol–water partition coefficient (Wildman–Crippen LogP) is 1.96. The number of aliphatic hydroxyl groups excluding tert-OH is 1. The molecule has 2 atom stereocenters. The van der Waals surface area contributed by atoms with Gasteiger partial charge in [-0.25, -0.2) is 0 Å². The summed E-state index contributed by atoms with van der Waals surface area (Å²) in [7, 11) is 0. The number of rotatable bonds is 5. The minimum atomic E-state index is -0.585. The second-order valence-corrected chi connectivity index (χ2v) is 6.12. The Morgan fingerprint density at radius 1 is 1.43 bits per heavy atom. The fourth-order valence-corrected chi connectivity index (χ4v) is 3.31. The highest BCUT2D eigenvalue weighted by Gasteiger charge is 2.34. The Kier molecular flexibility index (Phi) is 4.98. The summed E-state index contributed by atoms with van der Waals surface area (Å²) in [5, 5.41) is 11.3. The molecule has 5 nitrogen and oxygen atoms in total. The van der Waals surface area contributed by atoms with E-state index in [0.29, 0.717) is 19.6 Å². The topological polar surface area (TPSA) is 65.6 Å². The van der Waals surface area contributed by atoms with Crippen LogP contribution in [0.3, 0.4) is 0 Å². The highest BCUT2D eigenvalue weighted by atomic mass is 16.5. The van der Waals surface area contributed by atoms with Gasteiger partial charge in [-0.05, 0) is 31.4 Å². The van der Waals surface area contributed by atoms with Gasteiger partial charge in [-0.15, -0.1) is 0 Å². The van der Waals surface area contributed by atoms with Gasteiger partial charge >= 0.3 is 5.97 Å². The monoisotopic (exact) mass is 316 g/mol. The largest absolute Gasteiger partial charge is 0.466 e. The van der Waals surface area contributed by atoms with Crippen molar-refractivity contribution in [1.82, 2.24) is 9.88 Å². The van der Waals surface area contributed by atoms with Crippen molar-refractivity contribution in [3.63, 3.8) is 0 Å². The summed E-state index contributed by atoms with van der Waals surface area (Å²) in [6.07, 6.45) is 3.03. The van der Waals surface area contributed by atoms with Crippen molar-refractivity contribution in [2.75, 3.05) is 26.2 Å². The number of H-pyrrole nitrogens is 1. The fraction of sp³-hybridized carbons (Fsp3) is 0.500. The molecular weight excluding hydrogens is 292 g/mol. The van der Waals surface area contributed by atoms with E-state index in [0.717, 1.165) is 25.0 Å². The normalized spacial score (nSPS) is 22.3. The Morgan fingerprint density at radius 3 is 3.09 bits per heavy atom. The number of hydrogen-bond donors (Lipinski definition) is 2. The van der Waals surface area contributed by atoms with Crippen molar-refractivity contribution in [3.8, 4) is 0 Å². The van der Waals surface area contributed by atoms with Gasteiger partial charge in [0, 0.05) is 36.7 Å². The second kappa shape index (κ2) is 7.15. The Morgan fingerprint density at radius 2 is 2.26 bits per heavy atom. The number of esters is 1. The molecule has 0 aliphatic carbocycles. The molecule has 1 saturated heterocycles. The van der Waals surface area contributed by atoms with Crippen molar-refractivity contribution in [3.05, 3.63) is 36.0 Å². The van der Waals surface area contributed by atoms with Crippen LogP contribution in [-0.4, -0.2) is 53.3 Å². The van der Waals surface area contributed by atoms with Crippen LogP contribution in [-0.2, 0) is 16.0 Å². The summed E-state index contributed by atoms with van der Waals surface area (Å²) in [5.74, 6) is -0.705. The first kappa shape index (κ1) is 16.0. The highest BCUT2D eigenvalue weighted by Crippen LogP contribution is 2.21. The van der Waals surface area contributed by atoms with Gasteiger partial charge in [-0.1, -0.05) is 18.2 Å². The first-order valence-electron chi connectivity index (χ1n) is 8.31. The molecule has 1 fully saturated rings. The van der Waals surface area contributed by atoms with Gasteiger partial charge in [0.05, 0.1) is 18.6 Å². The zero-order valence-electron chi connectivity index (χ0n) is 13.5. The number of nitrogens with one attached hydrogen (secondary N) is 1. The highest BCUT2D eigenvalue weighted by molar-refractivity contribution is 5.83. The Balaban J connectivity index is 1.61. The average Bonchev–Trinajstić information content (AvgIpc) is 2.97. The van der Waals surface area contributed by atoms with Crippen LogP contribution in [0.1, 0.15) is 18.9 Å². The Labute approximate surface area is 136 Å². The van der Waals surface area contributed by atoms with E-state index in [1.54, 1.807) is 6.92 Å². The number of carbonyl (C=O) groups is 1. The lowest BCUT2D eigenvalue weighted by Crippen LogP contribution is -2.47. The number of benzene rings is 1. The van der Waals surface area contributed by atoms with Crippen LogP contribution in [0.25, 0.3) is 10.9 Å². The van der Waals surface area contributed by atoms with Gasteiger partial charge in [0.2, 0.25) is 0 Å². The molecule has 1 aliphatic rings. The first-order valence-corrected chi connectivity index (χ1v) is 8.31. The Hall–Kier alpha value is -1.85. The van der Waals surface area contributed by atoms with E-state index in [9.17, 15) is 9.90 Å². The molecule has 2 heterocycles. The van der Waals surface area contributed by atoms with E-state index >= 15 is 0 Å². The van der Waals surface area contributed by atoms with Gasteiger partial charge < -0.3 is 19.7 Å². The number of aliphatic hydroxyl groups is 1. The smallest absolute Gasteiger partial charge is 0.312 e. The zero-order valence-corrected chi connectivity index (χ0v) is 13.5. The van der Waals surface area contributed by atoms with Crippen molar-refractivity contribution in [2.45, 2.75) is 25.9 Å². The number of para-hydroxylation sites is 1. The van der Waals surface area contributed by atoms with Gasteiger partial charge in [-0.2, -0.15) is 0 Å². The standard InChI is InChI=1S/C18H24N2O3/c1-2-23-18(22)15-12-20(10-8-17(15)21)9-7-13-11-19-16-6-4-3-5-14(13)16/h3-6,11,15,17,19,21H,2,7-10,12H2,1H3/t15-,17-/m1/s1. The maximum atomic E-state index is 11.9. The number of nitrogens with zero attached hydrogens (tertiary/aromatic N) is 1. The fourth-order valence-electron chi connectivity index (χ4n) is 3.31. The lowest BCUT2D eigenvalue weighted by molar-refractivity contribution is -0.155. The molecule has 0 radical (unpaired) electrons. The van der Waals surface area contributed by atoms with Gasteiger partial charge in [0.25, 0.3) is 0 Å². The molecule has 2 N–H and O–H groups in total. The zero-order chi connectivity index (χ0) is 16.2. The van der Waals surface area contributed by atoms with Crippen LogP contribution in [0.4, 0.5) is 0 Å². The molecule has 0 unspecified atom stereocenters. The van der Waals surface area contributed by atoms with Crippen LogP contribution in [0.15, 0.2) is 30.5 Å². The predicted molar refractivity (Wildman–Crippen MR) is 89.2 cm³/mol. The summed E-state index contributed by atoms with van der Waals surface area (Å²) in [6, 6.07) is 8.28. The molecule has 3 rings (SSSR count). The summed E-state index contributed by atoms with van der Waals surface area (Å²) >= 11 is 0. The maximum Gasteiger partial charge on any atom is 0.312 e. The van der Waals surface area contributed by atoms with Gasteiger partial charge in [-0.3, -0.25) is 4.79 Å². The van der Waals surface area contributed by atoms with Crippen molar-refractivity contribution >= 4 is 16.9 Å². The first-order chi connectivity index (χ1) is 11.2. The number of fused-ring (bicyclic) bond motifs is 1. The van der Waals surface area contributed by atoms with Crippen molar-refractivity contribution < 1.29 is 14.6 Å². The molecule has 0 saturated carbocycles. The lowest BCUT2D eigenvalue weighted by Gasteiger charge is -2.34. The Bertz CT molecular complexity index is 667. The van der Waals surface area contributed by atoms with Crippen LogP contribution < -0.4 is 0 Å². The van der Waals surface area contributed by atoms with Crippen molar-refractivity contribution in [1.29, 1.82) is 0 Å². The third-order valence-electron chi connectivity index (χ3n) is 4.62. The minimum Gasteiger partial charge on any atom is -0.466 e. The third-order valence-corrected chi connectivity index (χ3v) is 4.62. The summed E-state index contributed by atoms with van der Waals surface area (Å²) in [6.45, 7) is 4.42. The summed E-state index contributed by atoms with van der Waals surface area (Å²) < 4.78 is 5.08. The number of likely N-dealkylation sites (tertiary alicyclic amines) is 1. The number of aromatic nitrogens is 1. The third kappa shape index (κ3) is 3.57. The number of aromatic amines is 1. The van der Waals surface area contributed by atoms with Gasteiger partial charge in [0.15, 0.2) is 0 Å². The van der Waals surface area contributed by atoms with Crippen LogP contribution in [0.5, 0.6) is 0 Å². The minimum absolute atomic E-state index is 0.281. The summed E-state index contributed by atoms with van der Waals surface area (Å²) in [4.78, 5) is 17.5. The molecule has 0 spiro atoms. The maximum absolute atomic E-state index is 11.9. The molecule has 1 aromatic carbocycles. The van der Waals surface area contributed by atoms with Crippen molar-refractivity contribution in [2.24, 2.45) is 5.92 Å².